The summed E-state index contributed by atoms with van der Waals surface area (Å²) in [4.78, 5) is 20.8. The minimum atomic E-state index is -0.440. The van der Waals surface area contributed by atoms with E-state index < -0.39 is 5.60 Å². The number of piperazine rings is 1. The average molecular weight is 296 g/mol. The van der Waals surface area contributed by atoms with E-state index in [4.69, 9.17) is 4.74 Å². The molecule has 1 amide bonds. The molecule has 1 fully saturated rings. The highest BCUT2D eigenvalue weighted by atomic mass is 16.6. The summed E-state index contributed by atoms with van der Waals surface area (Å²) < 4.78 is 5.45. The highest BCUT2D eigenvalue weighted by Crippen LogP contribution is 2.18. The lowest BCUT2D eigenvalue weighted by Crippen LogP contribution is -2.57. The minimum Gasteiger partial charge on any atom is -0.444 e. The molecule has 2 aliphatic heterocycles. The van der Waals surface area contributed by atoms with Crippen LogP contribution in [0.2, 0.25) is 0 Å². The van der Waals surface area contributed by atoms with Gasteiger partial charge in [0.2, 0.25) is 0 Å². The lowest BCUT2D eigenvalue weighted by atomic mass is 10.2. The number of ether oxygens (including phenoxy) is 1. The Morgan fingerprint density at radius 1 is 1.43 bits per heavy atom. The molecule has 0 bridgehead atoms. The number of aliphatic imine (C=N–C) groups is 1. The number of fused-ring (bicyclic) bond motifs is 1. The zero-order valence-electron chi connectivity index (χ0n) is 13.8. The number of hydrogen-bond donors (Lipinski definition) is 1. The van der Waals surface area contributed by atoms with Crippen LogP contribution in [0.25, 0.3) is 0 Å². The Kier molecular flexibility index (Phi) is 4.64. The van der Waals surface area contributed by atoms with Gasteiger partial charge in [-0.1, -0.05) is 13.8 Å². The predicted molar refractivity (Wildman–Crippen MR) is 83.4 cm³/mol. The molecule has 120 valence electrons. The summed E-state index contributed by atoms with van der Waals surface area (Å²) >= 11 is 0. The normalized spacial score (nSPS) is 22.2. The van der Waals surface area contributed by atoms with Gasteiger partial charge < -0.3 is 19.9 Å². The first kappa shape index (κ1) is 15.9. The fraction of sp³-hybridized carbons (Fsp3) is 0.867. The van der Waals surface area contributed by atoms with Gasteiger partial charge in [-0.2, -0.15) is 0 Å². The van der Waals surface area contributed by atoms with Crippen LogP contribution in [0, 0.1) is 5.92 Å². The van der Waals surface area contributed by atoms with Crippen LogP contribution in [-0.4, -0.2) is 66.2 Å². The van der Waals surface area contributed by atoms with Crippen LogP contribution >= 0.6 is 0 Å². The summed E-state index contributed by atoms with van der Waals surface area (Å²) in [6.07, 6.45) is -0.217. The molecule has 2 rings (SSSR count). The number of guanidine groups is 1. The first-order chi connectivity index (χ1) is 9.76. The number of rotatable bonds is 2. The van der Waals surface area contributed by atoms with Gasteiger partial charge in [-0.05, 0) is 26.7 Å². The van der Waals surface area contributed by atoms with E-state index in [1.54, 1.807) is 4.90 Å². The third-order valence-electron chi connectivity index (χ3n) is 3.53. The van der Waals surface area contributed by atoms with Gasteiger partial charge in [0.25, 0.3) is 0 Å². The molecule has 1 atom stereocenters. The Labute approximate surface area is 127 Å². The Morgan fingerprint density at radius 3 is 2.76 bits per heavy atom. The standard InChI is InChI=1S/C15H28N4O2/c1-11(2)8-16-13-17-9-12-10-18(6-7-19(12)13)14(20)21-15(3,4)5/h11-12H,6-10H2,1-5H3,(H,16,17)/t12-/m1/s1. The summed E-state index contributed by atoms with van der Waals surface area (Å²) in [6.45, 7) is 13.9. The first-order valence-corrected chi connectivity index (χ1v) is 7.79. The van der Waals surface area contributed by atoms with Crippen molar-refractivity contribution in [1.82, 2.24) is 15.1 Å². The molecule has 21 heavy (non-hydrogen) atoms. The Bertz CT molecular complexity index is 414. The number of carbonyl (C=O) groups excluding carboxylic acids is 1. The van der Waals surface area contributed by atoms with Gasteiger partial charge in [-0.3, -0.25) is 4.99 Å². The van der Waals surface area contributed by atoms with Crippen LogP contribution in [0.15, 0.2) is 4.99 Å². The van der Waals surface area contributed by atoms with E-state index in [0.717, 1.165) is 25.6 Å². The van der Waals surface area contributed by atoms with Gasteiger partial charge >= 0.3 is 6.09 Å². The molecule has 1 saturated heterocycles. The van der Waals surface area contributed by atoms with E-state index in [-0.39, 0.29) is 12.1 Å². The molecule has 2 heterocycles. The van der Waals surface area contributed by atoms with Crippen LogP contribution < -0.4 is 5.32 Å². The number of hydrogen-bond acceptors (Lipinski definition) is 5. The van der Waals surface area contributed by atoms with E-state index in [1.165, 1.54) is 0 Å². The molecule has 0 aliphatic carbocycles. The average Bonchev–Trinajstić information content (AvgIpc) is 2.76. The second kappa shape index (κ2) is 6.12. The number of carbonyl (C=O) groups is 1. The quantitative estimate of drug-likeness (QED) is 0.839. The fourth-order valence-corrected chi connectivity index (χ4v) is 2.52. The number of amides is 1. The second-order valence-corrected chi connectivity index (χ2v) is 7.21. The summed E-state index contributed by atoms with van der Waals surface area (Å²) in [5.74, 6) is 1.58. The maximum absolute atomic E-state index is 12.1. The summed E-state index contributed by atoms with van der Waals surface area (Å²) in [6, 6.07) is 0.279. The SMILES string of the molecule is CC(C)CNC1=NC[C@@H]2CN(C(=O)OC(C)(C)C)CCN12. The molecule has 0 aromatic heterocycles. The van der Waals surface area contributed by atoms with E-state index in [9.17, 15) is 4.79 Å². The van der Waals surface area contributed by atoms with E-state index >= 15 is 0 Å². The lowest BCUT2D eigenvalue weighted by Gasteiger charge is -2.39. The maximum atomic E-state index is 12.1. The van der Waals surface area contributed by atoms with Crippen LogP contribution in [0.1, 0.15) is 34.6 Å². The van der Waals surface area contributed by atoms with Crippen molar-refractivity contribution >= 4 is 12.1 Å². The lowest BCUT2D eigenvalue weighted by molar-refractivity contribution is 0.0137. The largest absolute Gasteiger partial charge is 0.444 e. The van der Waals surface area contributed by atoms with Crippen molar-refractivity contribution in [1.29, 1.82) is 0 Å². The van der Waals surface area contributed by atoms with Gasteiger partial charge in [0, 0.05) is 26.2 Å². The molecule has 6 heteroatoms. The molecule has 0 saturated carbocycles. The highest BCUT2D eigenvalue weighted by molar-refractivity contribution is 5.82. The van der Waals surface area contributed by atoms with Crippen molar-refractivity contribution < 1.29 is 9.53 Å². The smallest absolute Gasteiger partial charge is 0.410 e. The van der Waals surface area contributed by atoms with Crippen LogP contribution in [0.3, 0.4) is 0 Å². The number of nitrogens with one attached hydrogen (secondary N) is 1. The van der Waals surface area contributed by atoms with Gasteiger partial charge in [-0.15, -0.1) is 0 Å². The van der Waals surface area contributed by atoms with Crippen molar-refractivity contribution in [2.24, 2.45) is 10.9 Å². The van der Waals surface area contributed by atoms with E-state index in [2.05, 4.69) is 29.1 Å². The zero-order valence-corrected chi connectivity index (χ0v) is 13.8. The molecule has 1 N–H and O–H groups in total. The van der Waals surface area contributed by atoms with Crippen molar-refractivity contribution in [2.45, 2.75) is 46.3 Å². The van der Waals surface area contributed by atoms with Crippen LogP contribution in [0.4, 0.5) is 4.79 Å². The van der Waals surface area contributed by atoms with Crippen molar-refractivity contribution in [3.05, 3.63) is 0 Å². The van der Waals surface area contributed by atoms with Gasteiger partial charge in [0.15, 0.2) is 5.96 Å². The maximum Gasteiger partial charge on any atom is 0.410 e. The Morgan fingerprint density at radius 2 is 2.14 bits per heavy atom. The highest BCUT2D eigenvalue weighted by Gasteiger charge is 2.36. The summed E-state index contributed by atoms with van der Waals surface area (Å²) in [5.41, 5.74) is -0.440. The second-order valence-electron chi connectivity index (χ2n) is 7.21. The Balaban J connectivity index is 1.86. The molecule has 0 aromatic rings. The van der Waals surface area contributed by atoms with Crippen LogP contribution in [0.5, 0.6) is 0 Å². The molecule has 6 nitrogen and oxygen atoms in total. The summed E-state index contributed by atoms with van der Waals surface area (Å²) in [7, 11) is 0. The molecule has 0 spiro atoms. The van der Waals surface area contributed by atoms with E-state index in [0.29, 0.717) is 19.0 Å². The van der Waals surface area contributed by atoms with Gasteiger partial charge in [0.1, 0.15) is 5.60 Å². The van der Waals surface area contributed by atoms with Gasteiger partial charge in [-0.25, -0.2) is 4.79 Å². The predicted octanol–water partition coefficient (Wildman–Crippen LogP) is 1.52. The third-order valence-corrected chi connectivity index (χ3v) is 3.53. The van der Waals surface area contributed by atoms with Gasteiger partial charge in [0.05, 0.1) is 12.6 Å². The zero-order chi connectivity index (χ0) is 15.6. The van der Waals surface area contributed by atoms with E-state index in [1.807, 2.05) is 20.8 Å². The first-order valence-electron chi connectivity index (χ1n) is 7.79. The topological polar surface area (TPSA) is 57.2 Å². The molecular weight excluding hydrogens is 268 g/mol. The fourth-order valence-electron chi connectivity index (χ4n) is 2.52. The molecule has 2 aliphatic rings. The monoisotopic (exact) mass is 296 g/mol. The number of nitrogens with zero attached hydrogens (tertiary/aromatic N) is 3. The minimum absolute atomic E-state index is 0.217. The molecule has 0 unspecified atom stereocenters. The molecular formula is C15H28N4O2. The van der Waals surface area contributed by atoms with Crippen LogP contribution in [-0.2, 0) is 4.74 Å². The Hall–Kier alpha value is -1.46. The third kappa shape index (κ3) is 4.25. The van der Waals surface area contributed by atoms with Crippen molar-refractivity contribution in [3.8, 4) is 0 Å². The van der Waals surface area contributed by atoms with Crippen molar-refractivity contribution in [3.63, 3.8) is 0 Å². The summed E-state index contributed by atoms with van der Waals surface area (Å²) in [5, 5.41) is 3.40. The molecule has 0 aromatic carbocycles. The van der Waals surface area contributed by atoms with Crippen molar-refractivity contribution in [2.75, 3.05) is 32.7 Å². The molecule has 0 radical (unpaired) electrons.